The van der Waals surface area contributed by atoms with Crippen LogP contribution in [0.25, 0.3) is 0 Å². The molecule has 0 heterocycles. The van der Waals surface area contributed by atoms with Crippen molar-refractivity contribution in [1.29, 1.82) is 0 Å². The molecule has 3 N–H and O–H groups in total. The number of hydrogen-bond donors (Lipinski definition) is 3. The molecule has 3 amide bonds. The van der Waals surface area contributed by atoms with Crippen LogP contribution in [0.4, 0.5) is 4.79 Å². The van der Waals surface area contributed by atoms with Crippen molar-refractivity contribution in [1.82, 2.24) is 16.0 Å². The van der Waals surface area contributed by atoms with Gasteiger partial charge in [0, 0.05) is 7.05 Å². The van der Waals surface area contributed by atoms with Gasteiger partial charge in [-0.2, -0.15) is 0 Å². The van der Waals surface area contributed by atoms with Gasteiger partial charge in [0.25, 0.3) is 0 Å². The second-order valence-electron chi connectivity index (χ2n) is 6.83. The van der Waals surface area contributed by atoms with E-state index in [-0.39, 0.29) is 6.04 Å². The number of nitrogens with one attached hydrogen (secondary N) is 3. The first-order valence-electron chi connectivity index (χ1n) is 9.53. The number of benzene rings is 3. The highest BCUT2D eigenvalue weighted by Crippen LogP contribution is 2.26. The molecule has 0 fully saturated rings. The molecule has 2 atom stereocenters. The molecule has 5 heteroatoms. The SMILES string of the molecule is CNC(=O)NC(=O)[C@@H](N[C@H](c1ccccc1)c1ccc(C)cc1)c1ccccc1. The van der Waals surface area contributed by atoms with Gasteiger partial charge in [-0.3, -0.25) is 15.4 Å². The lowest BCUT2D eigenvalue weighted by Gasteiger charge is -2.26. The van der Waals surface area contributed by atoms with E-state index in [9.17, 15) is 9.59 Å². The van der Waals surface area contributed by atoms with E-state index in [0.717, 1.165) is 22.3 Å². The molecule has 0 radical (unpaired) electrons. The van der Waals surface area contributed by atoms with E-state index in [2.05, 4.69) is 40.2 Å². The highest BCUT2D eigenvalue weighted by atomic mass is 16.2. The second kappa shape index (κ2) is 9.66. The average Bonchev–Trinajstić information content (AvgIpc) is 2.76. The van der Waals surface area contributed by atoms with Crippen molar-refractivity contribution in [2.75, 3.05) is 7.05 Å². The van der Waals surface area contributed by atoms with Crippen LogP contribution in [0.3, 0.4) is 0 Å². The minimum atomic E-state index is -0.708. The Morgan fingerprint density at radius 1 is 0.724 bits per heavy atom. The van der Waals surface area contributed by atoms with Gasteiger partial charge in [0.2, 0.25) is 5.91 Å². The number of amides is 3. The molecule has 0 aliphatic carbocycles. The van der Waals surface area contributed by atoms with E-state index in [1.165, 1.54) is 7.05 Å². The van der Waals surface area contributed by atoms with Crippen LogP contribution in [-0.4, -0.2) is 19.0 Å². The number of imide groups is 1. The Morgan fingerprint density at radius 3 is 1.79 bits per heavy atom. The fourth-order valence-electron chi connectivity index (χ4n) is 3.17. The second-order valence-corrected chi connectivity index (χ2v) is 6.83. The molecular weight excluding hydrogens is 362 g/mol. The summed E-state index contributed by atoms with van der Waals surface area (Å²) < 4.78 is 0. The summed E-state index contributed by atoms with van der Waals surface area (Å²) in [5.74, 6) is -0.413. The van der Waals surface area contributed by atoms with Crippen LogP contribution >= 0.6 is 0 Å². The fraction of sp³-hybridized carbons (Fsp3) is 0.167. The van der Waals surface area contributed by atoms with Crippen molar-refractivity contribution in [3.8, 4) is 0 Å². The lowest BCUT2D eigenvalue weighted by Crippen LogP contribution is -2.45. The van der Waals surface area contributed by atoms with Crippen molar-refractivity contribution in [3.05, 3.63) is 107 Å². The van der Waals surface area contributed by atoms with Gasteiger partial charge >= 0.3 is 6.03 Å². The van der Waals surface area contributed by atoms with Crippen molar-refractivity contribution >= 4 is 11.9 Å². The van der Waals surface area contributed by atoms with Crippen molar-refractivity contribution in [2.24, 2.45) is 0 Å². The topological polar surface area (TPSA) is 70.2 Å². The number of urea groups is 1. The van der Waals surface area contributed by atoms with Crippen LogP contribution in [0.2, 0.25) is 0 Å². The van der Waals surface area contributed by atoms with E-state index < -0.39 is 18.0 Å². The molecule has 29 heavy (non-hydrogen) atoms. The van der Waals surface area contributed by atoms with Crippen LogP contribution in [-0.2, 0) is 4.79 Å². The third kappa shape index (κ3) is 5.30. The maximum atomic E-state index is 12.9. The lowest BCUT2D eigenvalue weighted by molar-refractivity contribution is -0.122. The molecule has 0 spiro atoms. The van der Waals surface area contributed by atoms with E-state index in [1.54, 1.807) is 0 Å². The van der Waals surface area contributed by atoms with Crippen LogP contribution in [0.1, 0.15) is 34.3 Å². The smallest absolute Gasteiger partial charge is 0.321 e. The Bertz CT molecular complexity index is 941. The van der Waals surface area contributed by atoms with Gasteiger partial charge < -0.3 is 5.32 Å². The van der Waals surface area contributed by atoms with Crippen LogP contribution in [0.5, 0.6) is 0 Å². The highest BCUT2D eigenvalue weighted by molar-refractivity contribution is 5.97. The largest absolute Gasteiger partial charge is 0.341 e. The number of carbonyl (C=O) groups is 2. The first kappa shape index (κ1) is 20.3. The zero-order chi connectivity index (χ0) is 20.6. The quantitative estimate of drug-likeness (QED) is 0.601. The van der Waals surface area contributed by atoms with Crippen LogP contribution < -0.4 is 16.0 Å². The van der Waals surface area contributed by atoms with Gasteiger partial charge in [-0.1, -0.05) is 90.5 Å². The van der Waals surface area contributed by atoms with E-state index >= 15 is 0 Å². The molecule has 5 nitrogen and oxygen atoms in total. The predicted molar refractivity (Wildman–Crippen MR) is 114 cm³/mol. The Morgan fingerprint density at radius 2 is 1.24 bits per heavy atom. The monoisotopic (exact) mass is 387 g/mol. The number of rotatable bonds is 6. The summed E-state index contributed by atoms with van der Waals surface area (Å²) in [6.45, 7) is 2.04. The number of carbonyl (C=O) groups excluding carboxylic acids is 2. The van der Waals surface area contributed by atoms with Gasteiger partial charge in [-0.05, 0) is 23.6 Å². The summed E-state index contributed by atoms with van der Waals surface area (Å²) in [4.78, 5) is 24.7. The predicted octanol–water partition coefficient (Wildman–Crippen LogP) is 3.87. The average molecular weight is 387 g/mol. The molecule has 0 aliphatic heterocycles. The molecule has 3 rings (SSSR count). The van der Waals surface area contributed by atoms with Gasteiger partial charge in [0.05, 0.1) is 6.04 Å². The molecular formula is C24H25N3O2. The zero-order valence-electron chi connectivity index (χ0n) is 16.6. The highest BCUT2D eigenvalue weighted by Gasteiger charge is 2.26. The normalized spacial score (nSPS) is 12.6. The lowest BCUT2D eigenvalue weighted by atomic mass is 9.95. The Labute approximate surface area is 171 Å². The van der Waals surface area contributed by atoms with Crippen molar-refractivity contribution in [2.45, 2.75) is 19.0 Å². The van der Waals surface area contributed by atoms with Crippen LogP contribution in [0, 0.1) is 6.92 Å². The summed E-state index contributed by atoms with van der Waals surface area (Å²) >= 11 is 0. The van der Waals surface area contributed by atoms with Crippen LogP contribution in [0.15, 0.2) is 84.9 Å². The summed E-state index contributed by atoms with van der Waals surface area (Å²) in [6, 6.07) is 26.1. The summed E-state index contributed by atoms with van der Waals surface area (Å²) in [5, 5.41) is 8.28. The molecule has 148 valence electrons. The van der Waals surface area contributed by atoms with E-state index in [4.69, 9.17) is 0 Å². The Kier molecular flexibility index (Phi) is 6.76. The van der Waals surface area contributed by atoms with Gasteiger partial charge in [-0.25, -0.2) is 4.79 Å². The Balaban J connectivity index is 1.99. The first-order valence-corrected chi connectivity index (χ1v) is 9.53. The van der Waals surface area contributed by atoms with Crippen molar-refractivity contribution < 1.29 is 9.59 Å². The molecule has 0 bridgehead atoms. The summed E-state index contributed by atoms with van der Waals surface area (Å²) in [7, 11) is 1.48. The van der Waals surface area contributed by atoms with Crippen molar-refractivity contribution in [3.63, 3.8) is 0 Å². The summed E-state index contributed by atoms with van der Waals surface area (Å²) in [6.07, 6.45) is 0. The molecule has 0 aliphatic rings. The molecule has 3 aromatic carbocycles. The Hall–Kier alpha value is -3.44. The van der Waals surface area contributed by atoms with E-state index in [1.807, 2.05) is 67.6 Å². The number of aryl methyl sites for hydroxylation is 1. The molecule has 3 aromatic rings. The molecule has 0 unspecified atom stereocenters. The van der Waals surface area contributed by atoms with Gasteiger partial charge in [0.15, 0.2) is 0 Å². The van der Waals surface area contributed by atoms with Gasteiger partial charge in [0.1, 0.15) is 6.04 Å². The number of hydrogen-bond acceptors (Lipinski definition) is 3. The maximum absolute atomic E-state index is 12.9. The summed E-state index contributed by atoms with van der Waals surface area (Å²) in [5.41, 5.74) is 4.01. The first-order chi connectivity index (χ1) is 14.1. The third-order valence-corrected chi connectivity index (χ3v) is 4.74. The molecule has 0 aromatic heterocycles. The third-order valence-electron chi connectivity index (χ3n) is 4.74. The zero-order valence-corrected chi connectivity index (χ0v) is 16.6. The minimum absolute atomic E-state index is 0.225. The fourth-order valence-corrected chi connectivity index (χ4v) is 3.17. The van der Waals surface area contributed by atoms with Gasteiger partial charge in [-0.15, -0.1) is 0 Å². The molecule has 0 saturated heterocycles. The maximum Gasteiger partial charge on any atom is 0.321 e. The minimum Gasteiger partial charge on any atom is -0.341 e. The molecule has 0 saturated carbocycles. The van der Waals surface area contributed by atoms with E-state index in [0.29, 0.717) is 0 Å². The standard InChI is InChI=1S/C24H25N3O2/c1-17-13-15-20(16-14-17)21(18-9-5-3-6-10-18)26-22(19-11-7-4-8-12-19)23(28)27-24(29)25-2/h3-16,21-22,26H,1-2H3,(H2,25,27,28,29)/t21-,22+/m1/s1.